The molecular formula is C37H48N8O14S2. The first-order valence-electron chi connectivity index (χ1n) is 18.8. The van der Waals surface area contributed by atoms with Gasteiger partial charge in [-0.25, -0.2) is 19.4 Å². The Labute approximate surface area is 354 Å². The molecule has 3 atom stereocenters. The molecule has 22 nitrogen and oxygen atoms in total. The molecule has 1 aromatic carbocycles. The molecule has 0 radical (unpaired) electrons. The summed E-state index contributed by atoms with van der Waals surface area (Å²) in [6, 6.07) is 3.98. The number of nitrogens with zero attached hydrogens (tertiary/aromatic N) is 5. The number of β-lactam (4-membered cyclic amide) rings is 1. The molecule has 0 spiro atoms. The van der Waals surface area contributed by atoms with Gasteiger partial charge in [0, 0.05) is 30.2 Å². The van der Waals surface area contributed by atoms with Crippen LogP contribution in [0.15, 0.2) is 41.1 Å². The van der Waals surface area contributed by atoms with Gasteiger partial charge in [-0.2, -0.15) is 18.6 Å². The number of fused-ring (bicyclic) bond motifs is 1. The number of aryl methyl sites for hydroxylation is 2. The van der Waals surface area contributed by atoms with Crippen molar-refractivity contribution in [1.82, 2.24) is 30.5 Å². The Morgan fingerprint density at radius 3 is 2.41 bits per heavy atom. The molecule has 3 aromatic rings. The van der Waals surface area contributed by atoms with Crippen LogP contribution in [-0.2, 0) is 56.3 Å². The van der Waals surface area contributed by atoms with Gasteiger partial charge >= 0.3 is 28.6 Å². The summed E-state index contributed by atoms with van der Waals surface area (Å²) < 4.78 is 54.4. The molecule has 1 saturated heterocycles. The second kappa shape index (κ2) is 18.0. The Morgan fingerprint density at radius 2 is 1.77 bits per heavy atom. The van der Waals surface area contributed by atoms with E-state index >= 15 is 0 Å². The highest BCUT2D eigenvalue weighted by Gasteiger charge is 2.58. The van der Waals surface area contributed by atoms with E-state index in [2.05, 4.69) is 35.5 Å². The summed E-state index contributed by atoms with van der Waals surface area (Å²) in [6.07, 6.45) is 0.567. The first-order valence-corrected chi connectivity index (χ1v) is 21.1. The number of carbonyl (C=O) groups is 5. The lowest BCUT2D eigenvalue weighted by Gasteiger charge is -2.50. The zero-order valence-corrected chi connectivity index (χ0v) is 36.2. The number of anilines is 1. The third-order valence-electron chi connectivity index (χ3n) is 8.77. The van der Waals surface area contributed by atoms with Gasteiger partial charge in [0.15, 0.2) is 10.8 Å². The van der Waals surface area contributed by atoms with Gasteiger partial charge in [0.05, 0.1) is 11.7 Å². The maximum Gasteiger partial charge on any atom is 0.418 e. The average molecular weight is 893 g/mol. The molecule has 3 unspecified atom stereocenters. The third-order valence-corrected chi connectivity index (χ3v) is 9.86. The monoisotopic (exact) mass is 892 g/mol. The lowest BCUT2D eigenvalue weighted by molar-refractivity contribution is -0.218. The lowest BCUT2D eigenvalue weighted by Crippen LogP contribution is -2.76. The van der Waals surface area contributed by atoms with Crippen LogP contribution < -0.4 is 20.7 Å². The van der Waals surface area contributed by atoms with Gasteiger partial charge in [0.2, 0.25) is 0 Å². The second-order valence-electron chi connectivity index (χ2n) is 16.5. The molecule has 5 N–H and O–H groups in total. The van der Waals surface area contributed by atoms with Crippen molar-refractivity contribution < 1.29 is 65.4 Å². The van der Waals surface area contributed by atoms with Crippen LogP contribution in [-0.4, -0.2) is 115 Å². The number of aromatic nitrogens is 3. The predicted molar refractivity (Wildman–Crippen MR) is 216 cm³/mol. The number of hydrogen-bond acceptors (Lipinski definition) is 16. The zero-order chi connectivity index (χ0) is 45.1. The molecule has 24 heteroatoms. The zero-order valence-electron chi connectivity index (χ0n) is 34.6. The number of rotatable bonds is 15. The van der Waals surface area contributed by atoms with Crippen molar-refractivity contribution in [2.24, 2.45) is 5.16 Å². The molecule has 4 amide bonds. The van der Waals surface area contributed by atoms with Crippen LogP contribution in [0.5, 0.6) is 5.75 Å². The SMILES string of the molecule is CC(C)(C)OC(=O)NCCCn1cc(-c2ccc3c(c2)CCC(C(ON=C(C(=O)NC2C(=O)N(OS(=O)(=O)O)C2(C)C)c2csc(NC(=O)OC(C)(C)C)n2)C(=O)O)O3)cn1. The highest BCUT2D eigenvalue weighted by atomic mass is 32.3. The number of carboxylic acid groups (broad SMARTS) is 1. The molecule has 2 aliphatic rings. The van der Waals surface area contributed by atoms with E-state index in [9.17, 15) is 37.5 Å². The Morgan fingerprint density at radius 1 is 1.08 bits per heavy atom. The Bertz CT molecular complexity index is 2290. The smallest absolute Gasteiger partial charge is 0.418 e. The second-order valence-corrected chi connectivity index (χ2v) is 18.3. The van der Waals surface area contributed by atoms with E-state index in [1.165, 1.54) is 19.2 Å². The van der Waals surface area contributed by atoms with Crippen molar-refractivity contribution in [2.45, 2.75) is 116 Å². The molecule has 0 bridgehead atoms. The number of nitrogens with one attached hydrogen (secondary N) is 3. The van der Waals surface area contributed by atoms with E-state index in [1.807, 2.05) is 12.3 Å². The molecule has 0 aliphatic carbocycles. The summed E-state index contributed by atoms with van der Waals surface area (Å²) in [5.41, 5.74) is -1.28. The van der Waals surface area contributed by atoms with E-state index in [4.69, 9.17) is 23.6 Å². The van der Waals surface area contributed by atoms with Crippen molar-refractivity contribution in [3.05, 3.63) is 47.2 Å². The minimum atomic E-state index is -5.09. The molecular weight excluding hydrogens is 845 g/mol. The number of carboxylic acids is 1. The first-order chi connectivity index (χ1) is 28.3. The fourth-order valence-corrected chi connectivity index (χ4v) is 7.15. The van der Waals surface area contributed by atoms with Crippen molar-refractivity contribution in [3.63, 3.8) is 0 Å². The van der Waals surface area contributed by atoms with Crippen molar-refractivity contribution in [2.75, 3.05) is 11.9 Å². The van der Waals surface area contributed by atoms with Crippen LogP contribution in [0.1, 0.15) is 79.5 Å². The van der Waals surface area contributed by atoms with Crippen LogP contribution in [0.3, 0.4) is 0 Å². The first kappa shape index (κ1) is 46.2. The predicted octanol–water partition coefficient (Wildman–Crippen LogP) is 3.68. The summed E-state index contributed by atoms with van der Waals surface area (Å²) in [5.74, 6) is -3.21. The number of benzene rings is 1. The maximum absolute atomic E-state index is 13.7. The summed E-state index contributed by atoms with van der Waals surface area (Å²) in [4.78, 5) is 73.1. The number of amides is 4. The van der Waals surface area contributed by atoms with Gasteiger partial charge in [-0.3, -0.25) is 24.1 Å². The standard InChI is InChI=1S/C37H48N8O14S2/c1-35(2,3)56-33(50)38-14-9-15-44-18-22(17-39-44)20-10-12-24-21(16-20)11-13-25(55-24)27(31(48)49)58-43-26(23-19-60-32(40-23)42-34(51)57-36(4,5)6)29(46)41-28-30(47)45(37(28,7)8)59-61(52,53)54/h10,12,16-19,25,27-28H,9,11,13-15H2,1-8H3,(H,38,50)(H,41,46)(H,48,49)(H,40,42,51)(H,52,53,54). The number of aliphatic carboxylic acids is 1. The van der Waals surface area contributed by atoms with Crippen LogP contribution in [0.4, 0.5) is 14.7 Å². The minimum absolute atomic E-state index is 0.0288. The van der Waals surface area contributed by atoms with Gasteiger partial charge in [-0.05, 0) is 97.9 Å². The van der Waals surface area contributed by atoms with Crippen LogP contribution >= 0.6 is 11.3 Å². The molecule has 1 fully saturated rings. The van der Waals surface area contributed by atoms with Gasteiger partial charge in [0.25, 0.3) is 17.9 Å². The Balaban J connectivity index is 1.29. The van der Waals surface area contributed by atoms with Gasteiger partial charge in [0.1, 0.15) is 34.8 Å². The number of oxime groups is 1. The van der Waals surface area contributed by atoms with Crippen molar-refractivity contribution in [1.29, 1.82) is 0 Å². The van der Waals surface area contributed by atoms with E-state index < -0.39 is 81.1 Å². The van der Waals surface area contributed by atoms with E-state index in [-0.39, 0.29) is 17.2 Å². The van der Waals surface area contributed by atoms with Crippen LogP contribution in [0.2, 0.25) is 0 Å². The lowest BCUT2D eigenvalue weighted by atomic mass is 9.84. The third kappa shape index (κ3) is 12.4. The van der Waals surface area contributed by atoms with E-state index in [0.29, 0.717) is 36.7 Å². The number of carbonyl (C=O) groups excluding carboxylic acids is 4. The fraction of sp³-hybridized carbons (Fsp3) is 0.514. The van der Waals surface area contributed by atoms with Gasteiger partial charge in [-0.1, -0.05) is 11.2 Å². The normalized spacial score (nSPS) is 18.1. The quantitative estimate of drug-likeness (QED) is 0.0478. The van der Waals surface area contributed by atoms with Crippen LogP contribution in [0, 0.1) is 0 Å². The number of ether oxygens (including phenoxy) is 3. The maximum atomic E-state index is 13.7. The largest absolute Gasteiger partial charge is 0.485 e. The summed E-state index contributed by atoms with van der Waals surface area (Å²) in [7, 11) is -5.09. The molecule has 2 aliphatic heterocycles. The fourth-order valence-electron chi connectivity index (χ4n) is 6.02. The number of thiazole rings is 1. The molecule has 2 aromatic heterocycles. The minimum Gasteiger partial charge on any atom is -0.485 e. The molecule has 332 valence electrons. The highest BCUT2D eigenvalue weighted by molar-refractivity contribution is 7.80. The Kier molecular flexibility index (Phi) is 13.6. The van der Waals surface area contributed by atoms with E-state index in [1.54, 1.807) is 64.6 Å². The number of alkyl carbamates (subject to hydrolysis) is 1. The number of hydrogen-bond donors (Lipinski definition) is 5. The van der Waals surface area contributed by atoms with Gasteiger partial charge in [-0.15, -0.1) is 15.6 Å². The summed E-state index contributed by atoms with van der Waals surface area (Å²) in [6.45, 7) is 13.9. The van der Waals surface area contributed by atoms with Crippen molar-refractivity contribution in [3.8, 4) is 16.9 Å². The van der Waals surface area contributed by atoms with E-state index in [0.717, 1.165) is 28.0 Å². The van der Waals surface area contributed by atoms with Crippen LogP contribution in [0.25, 0.3) is 11.1 Å². The van der Waals surface area contributed by atoms with Crippen molar-refractivity contribution >= 4 is 62.5 Å². The summed E-state index contributed by atoms with van der Waals surface area (Å²) in [5, 5.41) is 27.7. The highest BCUT2D eigenvalue weighted by Crippen LogP contribution is 2.35. The topological polar surface area (TPSA) is 288 Å². The summed E-state index contributed by atoms with van der Waals surface area (Å²) >= 11 is 0.870. The molecule has 61 heavy (non-hydrogen) atoms. The average Bonchev–Trinajstić information content (AvgIpc) is 3.80. The van der Waals surface area contributed by atoms with Gasteiger partial charge < -0.3 is 34.8 Å². The Hall–Kier alpha value is -5.85. The number of hydroxylamine groups is 2. The molecule has 5 rings (SSSR count). The molecule has 4 heterocycles. The molecule has 0 saturated carbocycles.